The molecule has 0 heterocycles. The third-order valence-electron chi connectivity index (χ3n) is 4.01. The van der Waals surface area contributed by atoms with Crippen LogP contribution in [0.3, 0.4) is 0 Å². The van der Waals surface area contributed by atoms with E-state index in [9.17, 15) is 0 Å². The van der Waals surface area contributed by atoms with Gasteiger partial charge in [-0.2, -0.15) is 0 Å². The molecule has 0 aliphatic heterocycles. The van der Waals surface area contributed by atoms with E-state index in [2.05, 4.69) is 4.99 Å². The summed E-state index contributed by atoms with van der Waals surface area (Å²) in [5.41, 5.74) is 2.82. The summed E-state index contributed by atoms with van der Waals surface area (Å²) in [6, 6.07) is 20.9. The highest BCUT2D eigenvalue weighted by Crippen LogP contribution is 2.29. The zero-order chi connectivity index (χ0) is 19.8. The smallest absolute Gasteiger partial charge is 0.161 e. The first kappa shape index (κ1) is 19.8. The zero-order valence-corrected chi connectivity index (χ0v) is 16.6. The van der Waals surface area contributed by atoms with Crippen molar-refractivity contribution in [2.75, 3.05) is 13.7 Å². The van der Waals surface area contributed by atoms with Gasteiger partial charge in [0.05, 0.1) is 19.4 Å². The third kappa shape index (κ3) is 5.51. The van der Waals surface area contributed by atoms with Crippen LogP contribution in [-0.4, -0.2) is 19.9 Å². The number of nitrogens with zero attached hydrogens (tertiary/aromatic N) is 1. The fourth-order valence-electron chi connectivity index (χ4n) is 2.55. The van der Waals surface area contributed by atoms with Gasteiger partial charge >= 0.3 is 0 Å². The summed E-state index contributed by atoms with van der Waals surface area (Å²) in [6.07, 6.45) is 1.80. The SMILES string of the molecule is CCOc1cc(C=Nc2ccc(OC)cc2)ccc1OCc1ccc(Cl)cc1. The van der Waals surface area contributed by atoms with Gasteiger partial charge in [0.2, 0.25) is 0 Å². The Morgan fingerprint density at radius 2 is 1.64 bits per heavy atom. The Bertz CT molecular complexity index is 922. The number of methoxy groups -OCH3 is 1. The molecule has 0 N–H and O–H groups in total. The number of hydrogen-bond acceptors (Lipinski definition) is 4. The van der Waals surface area contributed by atoms with E-state index in [1.165, 1.54) is 0 Å². The van der Waals surface area contributed by atoms with Crippen LogP contribution < -0.4 is 14.2 Å². The highest BCUT2D eigenvalue weighted by atomic mass is 35.5. The summed E-state index contributed by atoms with van der Waals surface area (Å²) >= 11 is 5.92. The molecule has 0 fully saturated rings. The molecule has 3 rings (SSSR count). The van der Waals surface area contributed by atoms with Crippen molar-refractivity contribution in [1.82, 2.24) is 0 Å². The minimum atomic E-state index is 0.441. The van der Waals surface area contributed by atoms with Gasteiger partial charge in [0.25, 0.3) is 0 Å². The van der Waals surface area contributed by atoms with Crippen LogP contribution in [0.25, 0.3) is 0 Å². The zero-order valence-electron chi connectivity index (χ0n) is 15.9. The lowest BCUT2D eigenvalue weighted by molar-refractivity contribution is 0.269. The molecule has 0 radical (unpaired) electrons. The average molecular weight is 396 g/mol. The molecule has 0 bridgehead atoms. The topological polar surface area (TPSA) is 40.0 Å². The number of halogens is 1. The van der Waals surface area contributed by atoms with Gasteiger partial charge in [0, 0.05) is 11.2 Å². The van der Waals surface area contributed by atoms with Crippen LogP contribution >= 0.6 is 11.6 Å². The van der Waals surface area contributed by atoms with Crippen molar-refractivity contribution in [3.8, 4) is 17.2 Å². The molecule has 0 saturated heterocycles. The second-order valence-electron chi connectivity index (χ2n) is 6.01. The number of benzene rings is 3. The number of aliphatic imine (C=N–C) groups is 1. The lowest BCUT2D eigenvalue weighted by Crippen LogP contribution is -2.00. The van der Waals surface area contributed by atoms with Gasteiger partial charge in [-0.05, 0) is 72.6 Å². The summed E-state index contributed by atoms with van der Waals surface area (Å²) in [6.45, 7) is 2.94. The Kier molecular flexibility index (Phi) is 6.93. The summed E-state index contributed by atoms with van der Waals surface area (Å²) in [7, 11) is 1.64. The molecule has 0 aliphatic rings. The van der Waals surface area contributed by atoms with Crippen LogP contribution in [0.5, 0.6) is 17.2 Å². The quantitative estimate of drug-likeness (QED) is 0.434. The monoisotopic (exact) mass is 395 g/mol. The Morgan fingerprint density at radius 1 is 0.893 bits per heavy atom. The molecule has 0 aliphatic carbocycles. The van der Waals surface area contributed by atoms with E-state index in [4.69, 9.17) is 25.8 Å². The molecule has 4 nitrogen and oxygen atoms in total. The maximum absolute atomic E-state index is 5.93. The first-order valence-corrected chi connectivity index (χ1v) is 9.38. The molecule has 3 aromatic carbocycles. The Labute approximate surface area is 170 Å². The van der Waals surface area contributed by atoms with Gasteiger partial charge in [0.15, 0.2) is 11.5 Å². The summed E-state index contributed by atoms with van der Waals surface area (Å²) in [5, 5.41) is 0.708. The Hall–Kier alpha value is -2.98. The van der Waals surface area contributed by atoms with Crippen LogP contribution in [-0.2, 0) is 6.61 Å². The molecule has 5 heteroatoms. The van der Waals surface area contributed by atoms with E-state index < -0.39 is 0 Å². The van der Waals surface area contributed by atoms with Gasteiger partial charge in [-0.1, -0.05) is 23.7 Å². The van der Waals surface area contributed by atoms with E-state index in [0.29, 0.717) is 29.7 Å². The fourth-order valence-corrected chi connectivity index (χ4v) is 2.68. The van der Waals surface area contributed by atoms with Crippen molar-refractivity contribution in [1.29, 1.82) is 0 Å². The highest BCUT2D eigenvalue weighted by molar-refractivity contribution is 6.30. The Balaban J connectivity index is 1.72. The molecule has 0 aromatic heterocycles. The van der Waals surface area contributed by atoms with Crippen LogP contribution in [0.4, 0.5) is 5.69 Å². The molecule has 144 valence electrons. The van der Waals surface area contributed by atoms with Crippen molar-refractivity contribution in [2.45, 2.75) is 13.5 Å². The van der Waals surface area contributed by atoms with Crippen LogP contribution in [0.1, 0.15) is 18.1 Å². The molecule has 28 heavy (non-hydrogen) atoms. The summed E-state index contributed by atoms with van der Waals surface area (Å²) in [4.78, 5) is 4.50. The van der Waals surface area contributed by atoms with E-state index in [1.807, 2.05) is 73.7 Å². The van der Waals surface area contributed by atoms with Gasteiger partial charge in [-0.3, -0.25) is 4.99 Å². The van der Waals surface area contributed by atoms with Gasteiger partial charge in [-0.25, -0.2) is 0 Å². The summed E-state index contributed by atoms with van der Waals surface area (Å²) < 4.78 is 16.8. The maximum atomic E-state index is 5.93. The largest absolute Gasteiger partial charge is 0.497 e. The number of ether oxygens (including phenoxy) is 3. The molecular weight excluding hydrogens is 374 g/mol. The molecular formula is C23H22ClNO3. The van der Waals surface area contributed by atoms with E-state index in [1.54, 1.807) is 13.3 Å². The Morgan fingerprint density at radius 3 is 2.32 bits per heavy atom. The van der Waals surface area contributed by atoms with Crippen molar-refractivity contribution >= 4 is 23.5 Å². The maximum Gasteiger partial charge on any atom is 0.161 e. The average Bonchev–Trinajstić information content (AvgIpc) is 2.73. The van der Waals surface area contributed by atoms with Crippen LogP contribution in [0, 0.1) is 0 Å². The van der Waals surface area contributed by atoms with Crippen LogP contribution in [0.2, 0.25) is 5.02 Å². The van der Waals surface area contributed by atoms with Crippen LogP contribution in [0.15, 0.2) is 71.7 Å². The van der Waals surface area contributed by atoms with Crippen molar-refractivity contribution in [3.05, 3.63) is 82.9 Å². The van der Waals surface area contributed by atoms with Crippen molar-refractivity contribution in [3.63, 3.8) is 0 Å². The van der Waals surface area contributed by atoms with Crippen molar-refractivity contribution in [2.24, 2.45) is 4.99 Å². The lowest BCUT2D eigenvalue weighted by atomic mass is 10.2. The molecule has 0 saturated carbocycles. The minimum Gasteiger partial charge on any atom is -0.497 e. The molecule has 3 aromatic rings. The second-order valence-corrected chi connectivity index (χ2v) is 6.45. The first-order chi connectivity index (χ1) is 13.7. The highest BCUT2D eigenvalue weighted by Gasteiger charge is 2.07. The fraction of sp³-hybridized carbons (Fsp3) is 0.174. The summed E-state index contributed by atoms with van der Waals surface area (Å²) in [5.74, 6) is 2.19. The third-order valence-corrected chi connectivity index (χ3v) is 4.26. The molecule has 0 unspecified atom stereocenters. The normalized spacial score (nSPS) is 10.8. The van der Waals surface area contributed by atoms with E-state index >= 15 is 0 Å². The van der Waals surface area contributed by atoms with Gasteiger partial charge in [0.1, 0.15) is 12.4 Å². The predicted octanol–water partition coefficient (Wildman–Crippen LogP) is 6.08. The molecule has 0 spiro atoms. The predicted molar refractivity (Wildman–Crippen MR) is 114 cm³/mol. The number of hydrogen-bond donors (Lipinski definition) is 0. The second kappa shape index (κ2) is 9.81. The van der Waals surface area contributed by atoms with E-state index in [0.717, 1.165) is 22.6 Å². The van der Waals surface area contributed by atoms with Crippen molar-refractivity contribution < 1.29 is 14.2 Å². The van der Waals surface area contributed by atoms with E-state index in [-0.39, 0.29) is 0 Å². The lowest BCUT2D eigenvalue weighted by Gasteiger charge is -2.12. The van der Waals surface area contributed by atoms with Gasteiger partial charge < -0.3 is 14.2 Å². The molecule has 0 atom stereocenters. The molecule has 0 amide bonds. The minimum absolute atomic E-state index is 0.441. The number of rotatable bonds is 8. The van der Waals surface area contributed by atoms with Gasteiger partial charge in [-0.15, -0.1) is 0 Å². The first-order valence-electron chi connectivity index (χ1n) is 9.00. The standard InChI is InChI=1S/C23H22ClNO3/c1-3-27-23-14-18(15-25-20-9-11-21(26-2)12-10-20)6-13-22(23)28-16-17-4-7-19(24)8-5-17/h4-15H,3,16H2,1-2H3.